The highest BCUT2D eigenvalue weighted by atomic mass is 16.8. The fourth-order valence-corrected chi connectivity index (χ4v) is 7.91. The van der Waals surface area contributed by atoms with Crippen molar-refractivity contribution in [1.29, 1.82) is 0 Å². The number of carbonyl (C=O) groups is 5. The van der Waals surface area contributed by atoms with Gasteiger partial charge in [0.25, 0.3) is 12.3 Å². The molecule has 39 heavy (non-hydrogen) atoms. The van der Waals surface area contributed by atoms with Crippen LogP contribution < -0.4 is 0 Å². The molecule has 9 nitrogen and oxygen atoms in total. The number of fused-ring (bicyclic) bond motifs is 5. The number of hydrogen-bond donors (Lipinski definition) is 1. The number of hydrogen-bond acceptors (Lipinski definition) is 8. The molecule has 0 radical (unpaired) electrons. The maximum Gasteiger partial charge on any atom is 0.534 e. The van der Waals surface area contributed by atoms with Crippen LogP contribution in [0.5, 0.6) is 0 Å². The lowest BCUT2D eigenvalue weighted by Gasteiger charge is -2.61. The fourth-order valence-electron chi connectivity index (χ4n) is 7.91. The highest BCUT2D eigenvalue weighted by Gasteiger charge is 2.63. The second kappa shape index (κ2) is 12.4. The van der Waals surface area contributed by atoms with Gasteiger partial charge in [-0.3, -0.25) is 24.0 Å². The van der Waals surface area contributed by atoms with E-state index in [2.05, 4.69) is 24.4 Å². The van der Waals surface area contributed by atoms with Gasteiger partial charge < -0.3 is 9.84 Å². The van der Waals surface area contributed by atoms with Crippen molar-refractivity contribution in [2.24, 2.45) is 34.5 Å². The summed E-state index contributed by atoms with van der Waals surface area (Å²) in [4.78, 5) is 64.5. The highest BCUT2D eigenvalue weighted by Crippen LogP contribution is 2.67. The van der Waals surface area contributed by atoms with Crippen LogP contribution in [0.25, 0.3) is 0 Å². The predicted molar refractivity (Wildman–Crippen MR) is 142 cm³/mol. The van der Waals surface area contributed by atoms with Crippen molar-refractivity contribution in [1.82, 2.24) is 5.06 Å². The summed E-state index contributed by atoms with van der Waals surface area (Å²) in [5.74, 6) is -1.25. The number of ether oxygens (including phenoxy) is 1. The van der Waals surface area contributed by atoms with Gasteiger partial charge in [0, 0.05) is 35.8 Å². The number of amides is 2. The molecule has 9 heteroatoms. The third-order valence-electron chi connectivity index (χ3n) is 9.41. The standard InChI is InChI=1S/C28H35NO8.C2H6/c1-4-5-24(34)29(16-30)37-26(35)36-15-23(33)19-8-9-21-20(19)14-22(32)25-27(2)13-11-18(31)7-6-17(27)10-12-28(21,25)3;1-2/h4-5,7,16,19-22,25,32H,8-15H2,1-3H3;1-2H3/b5-4-;. The van der Waals surface area contributed by atoms with Crippen molar-refractivity contribution in [2.45, 2.75) is 85.7 Å². The van der Waals surface area contributed by atoms with Crippen LogP contribution in [0.3, 0.4) is 0 Å². The first-order valence-corrected chi connectivity index (χ1v) is 14.0. The van der Waals surface area contributed by atoms with Gasteiger partial charge in [0.1, 0.15) is 0 Å². The van der Waals surface area contributed by atoms with E-state index in [9.17, 15) is 29.1 Å². The van der Waals surface area contributed by atoms with Crippen LogP contribution in [0.15, 0.2) is 29.5 Å². The first-order valence-electron chi connectivity index (χ1n) is 14.0. The molecule has 0 saturated heterocycles. The van der Waals surface area contributed by atoms with E-state index in [1.807, 2.05) is 13.8 Å². The summed E-state index contributed by atoms with van der Waals surface area (Å²) in [7, 11) is 0. The molecule has 4 rings (SSSR count). The van der Waals surface area contributed by atoms with E-state index in [1.54, 1.807) is 13.0 Å². The zero-order valence-electron chi connectivity index (χ0n) is 23.6. The Morgan fingerprint density at radius 3 is 2.56 bits per heavy atom. The normalized spacial score (nSPS) is 34.8. The van der Waals surface area contributed by atoms with Crippen LogP contribution in [-0.2, 0) is 28.8 Å². The monoisotopic (exact) mass is 543 g/mol. The molecular formula is C30H41NO8. The summed E-state index contributed by atoms with van der Waals surface area (Å²) in [6.07, 6.45) is 6.84. The average Bonchev–Trinajstić information content (AvgIpc) is 3.28. The Morgan fingerprint density at radius 2 is 1.90 bits per heavy atom. The molecule has 4 aliphatic rings. The number of nitrogens with zero attached hydrogens (tertiary/aromatic N) is 1. The Balaban J connectivity index is 0.00000205. The predicted octanol–water partition coefficient (Wildman–Crippen LogP) is 4.49. The molecule has 0 heterocycles. The molecule has 7 atom stereocenters. The summed E-state index contributed by atoms with van der Waals surface area (Å²) >= 11 is 0. The van der Waals surface area contributed by atoms with Crippen LogP contribution >= 0.6 is 0 Å². The minimum absolute atomic E-state index is 0.0269. The maximum atomic E-state index is 13.1. The number of carbonyl (C=O) groups excluding carboxylic acids is 5. The number of aliphatic hydroxyl groups is 1. The van der Waals surface area contributed by atoms with Crippen LogP contribution in [0.1, 0.15) is 79.6 Å². The number of aliphatic hydroxyl groups excluding tert-OH is 1. The van der Waals surface area contributed by atoms with Gasteiger partial charge in [-0.1, -0.05) is 38.8 Å². The van der Waals surface area contributed by atoms with Gasteiger partial charge in [0.2, 0.25) is 0 Å². The number of hydroxylamine groups is 2. The first-order chi connectivity index (χ1) is 18.5. The Kier molecular flexibility index (Phi) is 9.73. The smallest absolute Gasteiger partial charge is 0.425 e. The summed E-state index contributed by atoms with van der Waals surface area (Å²) in [5.41, 5.74) is 3.87. The Hall–Kier alpha value is -3.03. The van der Waals surface area contributed by atoms with E-state index in [4.69, 9.17) is 4.74 Å². The lowest BCUT2D eigenvalue weighted by molar-refractivity contribution is -0.172. The molecule has 4 aliphatic carbocycles. The molecule has 0 aromatic heterocycles. The number of Topliss-reactive ketones (excluding diaryl/α,β-unsaturated/α-hetero) is 1. The second-order valence-corrected chi connectivity index (χ2v) is 11.3. The molecule has 2 amide bonds. The van der Waals surface area contributed by atoms with Crippen molar-refractivity contribution in [2.75, 3.05) is 6.61 Å². The maximum absolute atomic E-state index is 13.1. The van der Waals surface area contributed by atoms with Crippen LogP contribution in [0, 0.1) is 34.5 Å². The summed E-state index contributed by atoms with van der Waals surface area (Å²) in [6.45, 7) is 9.42. The van der Waals surface area contributed by atoms with Gasteiger partial charge in [0.05, 0.1) is 6.10 Å². The van der Waals surface area contributed by atoms with E-state index >= 15 is 0 Å². The quantitative estimate of drug-likeness (QED) is 0.177. The Labute approximate surface area is 230 Å². The van der Waals surface area contributed by atoms with Gasteiger partial charge in [-0.15, -0.1) is 5.73 Å². The first kappa shape index (κ1) is 30.5. The largest absolute Gasteiger partial charge is 0.534 e. The summed E-state index contributed by atoms with van der Waals surface area (Å²) in [5, 5.41) is 11.7. The zero-order chi connectivity index (χ0) is 29.0. The van der Waals surface area contributed by atoms with E-state index in [1.165, 1.54) is 6.08 Å². The molecule has 0 aromatic carbocycles. The minimum atomic E-state index is -1.32. The van der Waals surface area contributed by atoms with Crippen LogP contribution in [-0.4, -0.2) is 52.9 Å². The SMILES string of the molecule is C/C=C\C(=O)N(C=O)OC(=O)OCC(=O)C1CCC2C1CC(O)C1C3(C)CCC(=O)C=C=C3CCC21C.CC. The molecular weight excluding hydrogens is 502 g/mol. The van der Waals surface area contributed by atoms with Crippen molar-refractivity contribution >= 4 is 30.0 Å². The topological polar surface area (TPSA) is 127 Å². The van der Waals surface area contributed by atoms with Gasteiger partial charge in [-0.25, -0.2) is 4.79 Å². The van der Waals surface area contributed by atoms with E-state index < -0.39 is 24.8 Å². The van der Waals surface area contributed by atoms with Gasteiger partial charge in [-0.05, 0) is 68.3 Å². The van der Waals surface area contributed by atoms with Crippen molar-refractivity contribution in [3.8, 4) is 0 Å². The molecule has 7 unspecified atom stereocenters. The zero-order valence-corrected chi connectivity index (χ0v) is 23.6. The third-order valence-corrected chi connectivity index (χ3v) is 9.41. The van der Waals surface area contributed by atoms with Crippen LogP contribution in [0.2, 0.25) is 0 Å². The number of ketones is 2. The molecule has 0 bridgehead atoms. The molecule has 1 N–H and O–H groups in total. The average molecular weight is 544 g/mol. The highest BCUT2D eigenvalue weighted by molar-refractivity contribution is 5.94. The second-order valence-electron chi connectivity index (χ2n) is 11.3. The van der Waals surface area contributed by atoms with Gasteiger partial charge in [-0.2, -0.15) is 0 Å². The molecule has 3 fully saturated rings. The molecule has 0 aromatic rings. The van der Waals surface area contributed by atoms with Gasteiger partial charge in [0.15, 0.2) is 18.2 Å². The van der Waals surface area contributed by atoms with E-state index in [0.29, 0.717) is 25.7 Å². The lowest BCUT2D eigenvalue weighted by Crippen LogP contribution is -2.58. The molecule has 214 valence electrons. The number of allylic oxidation sites excluding steroid dienone is 2. The fraction of sp³-hybridized carbons (Fsp3) is 0.667. The summed E-state index contributed by atoms with van der Waals surface area (Å²) < 4.78 is 4.93. The van der Waals surface area contributed by atoms with Crippen molar-refractivity contribution < 1.29 is 38.7 Å². The van der Waals surface area contributed by atoms with Crippen molar-refractivity contribution in [3.05, 3.63) is 29.5 Å². The minimum Gasteiger partial charge on any atom is -0.425 e. The summed E-state index contributed by atoms with van der Waals surface area (Å²) in [6, 6.07) is 0. The number of imide groups is 1. The van der Waals surface area contributed by atoms with E-state index in [-0.39, 0.29) is 57.5 Å². The number of rotatable bonds is 5. The third kappa shape index (κ3) is 5.80. The lowest BCUT2D eigenvalue weighted by atomic mass is 9.43. The van der Waals surface area contributed by atoms with E-state index in [0.717, 1.165) is 30.9 Å². The van der Waals surface area contributed by atoms with Crippen LogP contribution in [0.4, 0.5) is 4.79 Å². The van der Waals surface area contributed by atoms with Crippen molar-refractivity contribution in [3.63, 3.8) is 0 Å². The Morgan fingerprint density at radius 1 is 1.18 bits per heavy atom. The van der Waals surface area contributed by atoms with Gasteiger partial charge >= 0.3 is 6.16 Å². The Bertz CT molecular complexity index is 1090. The molecule has 0 aliphatic heterocycles. The molecule has 3 saturated carbocycles. The molecule has 0 spiro atoms.